The van der Waals surface area contributed by atoms with Crippen LogP contribution >= 0.6 is 36.4 Å². The molecule has 0 aromatic carbocycles. The number of hydrogen-bond donors (Lipinski definition) is 1. The SMILES string of the molecule is C[C@H]1OCCN[C@@H]1C(=O)N1CCN(c2ccc(Cl)cn2)CC1.Cl.Cl. The van der Waals surface area contributed by atoms with Gasteiger partial charge in [-0.15, -0.1) is 24.8 Å². The highest BCUT2D eigenvalue weighted by Gasteiger charge is 2.33. The molecule has 0 bridgehead atoms. The first-order valence-electron chi connectivity index (χ1n) is 7.65. The second-order valence-electron chi connectivity index (χ2n) is 5.65. The number of pyridine rings is 1. The van der Waals surface area contributed by atoms with E-state index in [1.54, 1.807) is 6.20 Å². The first-order valence-corrected chi connectivity index (χ1v) is 8.03. The topological polar surface area (TPSA) is 57.7 Å². The Labute approximate surface area is 159 Å². The molecule has 1 aromatic heterocycles. The number of carbonyl (C=O) groups is 1. The minimum absolute atomic E-state index is 0. The molecule has 2 aliphatic rings. The Morgan fingerprint density at radius 1 is 1.29 bits per heavy atom. The molecule has 3 rings (SSSR count). The van der Waals surface area contributed by atoms with Crippen molar-refractivity contribution in [3.8, 4) is 0 Å². The van der Waals surface area contributed by atoms with Crippen molar-refractivity contribution in [3.63, 3.8) is 0 Å². The van der Waals surface area contributed by atoms with Gasteiger partial charge < -0.3 is 19.9 Å². The summed E-state index contributed by atoms with van der Waals surface area (Å²) in [6.07, 6.45) is 1.58. The van der Waals surface area contributed by atoms with Gasteiger partial charge in [-0.1, -0.05) is 11.6 Å². The van der Waals surface area contributed by atoms with Crippen LogP contribution in [0.1, 0.15) is 6.92 Å². The highest BCUT2D eigenvalue weighted by molar-refractivity contribution is 6.30. The van der Waals surface area contributed by atoms with Gasteiger partial charge in [-0.05, 0) is 19.1 Å². The molecule has 1 N–H and O–H groups in total. The van der Waals surface area contributed by atoms with Crippen molar-refractivity contribution in [2.75, 3.05) is 44.2 Å². The molecular formula is C15H23Cl3N4O2. The number of carbonyl (C=O) groups excluding carboxylic acids is 1. The summed E-state index contributed by atoms with van der Waals surface area (Å²) in [6, 6.07) is 3.53. The quantitative estimate of drug-likeness (QED) is 0.821. The third-order valence-electron chi connectivity index (χ3n) is 4.21. The summed E-state index contributed by atoms with van der Waals surface area (Å²) in [5.41, 5.74) is 0. The average molecular weight is 398 g/mol. The monoisotopic (exact) mass is 396 g/mol. The molecule has 1 aromatic rings. The van der Waals surface area contributed by atoms with Crippen LogP contribution in [0.3, 0.4) is 0 Å². The highest BCUT2D eigenvalue weighted by Crippen LogP contribution is 2.17. The number of hydrogen-bond acceptors (Lipinski definition) is 5. The molecule has 0 radical (unpaired) electrons. The van der Waals surface area contributed by atoms with Crippen molar-refractivity contribution in [1.29, 1.82) is 0 Å². The van der Waals surface area contributed by atoms with E-state index in [1.165, 1.54) is 0 Å². The van der Waals surface area contributed by atoms with Gasteiger partial charge in [-0.2, -0.15) is 0 Å². The van der Waals surface area contributed by atoms with Crippen LogP contribution in [0.15, 0.2) is 18.3 Å². The summed E-state index contributed by atoms with van der Waals surface area (Å²) in [6.45, 7) is 6.31. The van der Waals surface area contributed by atoms with E-state index < -0.39 is 0 Å². The zero-order valence-corrected chi connectivity index (χ0v) is 15.9. The lowest BCUT2D eigenvalue weighted by molar-refractivity contribution is -0.139. The Morgan fingerprint density at radius 2 is 2.00 bits per heavy atom. The molecule has 9 heteroatoms. The number of rotatable bonds is 2. The molecule has 0 unspecified atom stereocenters. The lowest BCUT2D eigenvalue weighted by atomic mass is 10.1. The zero-order chi connectivity index (χ0) is 15.5. The fourth-order valence-electron chi connectivity index (χ4n) is 2.92. The minimum Gasteiger partial charge on any atom is -0.375 e. The van der Waals surface area contributed by atoms with Gasteiger partial charge >= 0.3 is 0 Å². The molecule has 0 aliphatic carbocycles. The van der Waals surface area contributed by atoms with Gasteiger partial charge in [0.1, 0.15) is 11.9 Å². The number of amides is 1. The summed E-state index contributed by atoms with van der Waals surface area (Å²) >= 11 is 5.86. The van der Waals surface area contributed by atoms with E-state index in [1.807, 2.05) is 24.0 Å². The van der Waals surface area contributed by atoms with Crippen LogP contribution in [0.25, 0.3) is 0 Å². The molecule has 24 heavy (non-hydrogen) atoms. The summed E-state index contributed by atoms with van der Waals surface area (Å²) < 4.78 is 5.56. The summed E-state index contributed by atoms with van der Waals surface area (Å²) in [7, 11) is 0. The summed E-state index contributed by atoms with van der Waals surface area (Å²) in [4.78, 5) is 21.0. The largest absolute Gasteiger partial charge is 0.375 e. The molecule has 3 heterocycles. The molecule has 6 nitrogen and oxygen atoms in total. The Hall–Kier alpha value is -0.790. The molecule has 136 valence electrons. The second kappa shape index (κ2) is 9.63. The van der Waals surface area contributed by atoms with Gasteiger partial charge in [0.05, 0.1) is 17.7 Å². The van der Waals surface area contributed by atoms with Crippen molar-refractivity contribution in [2.24, 2.45) is 0 Å². The molecule has 2 aliphatic heterocycles. The van der Waals surface area contributed by atoms with Gasteiger partial charge in [0, 0.05) is 38.9 Å². The minimum atomic E-state index is -0.228. The van der Waals surface area contributed by atoms with Gasteiger partial charge in [-0.25, -0.2) is 4.98 Å². The van der Waals surface area contributed by atoms with E-state index in [2.05, 4.69) is 15.2 Å². The van der Waals surface area contributed by atoms with Crippen molar-refractivity contribution < 1.29 is 9.53 Å². The third kappa shape index (κ3) is 4.86. The van der Waals surface area contributed by atoms with Gasteiger partial charge in [-0.3, -0.25) is 4.79 Å². The van der Waals surface area contributed by atoms with E-state index in [-0.39, 0.29) is 42.9 Å². The predicted molar refractivity (Wildman–Crippen MR) is 99.7 cm³/mol. The van der Waals surface area contributed by atoms with E-state index in [0.717, 1.165) is 25.5 Å². The average Bonchev–Trinajstić information content (AvgIpc) is 2.56. The van der Waals surface area contributed by atoms with E-state index >= 15 is 0 Å². The van der Waals surface area contributed by atoms with Gasteiger partial charge in [0.15, 0.2) is 0 Å². The maximum atomic E-state index is 12.6. The van der Waals surface area contributed by atoms with Crippen LogP contribution < -0.4 is 10.2 Å². The third-order valence-corrected chi connectivity index (χ3v) is 4.43. The first kappa shape index (κ1) is 21.3. The normalized spacial score (nSPS) is 23.9. The molecule has 2 fully saturated rings. The lowest BCUT2D eigenvalue weighted by Gasteiger charge is -2.39. The number of halogens is 3. The van der Waals surface area contributed by atoms with Gasteiger partial charge in [0.2, 0.25) is 5.91 Å². The predicted octanol–water partition coefficient (Wildman–Crippen LogP) is 1.60. The Kier molecular flexibility index (Phi) is 8.53. The lowest BCUT2D eigenvalue weighted by Crippen LogP contribution is -2.59. The second-order valence-corrected chi connectivity index (χ2v) is 6.09. The van der Waals surface area contributed by atoms with Crippen LogP contribution in [0.5, 0.6) is 0 Å². The van der Waals surface area contributed by atoms with E-state index in [9.17, 15) is 4.79 Å². The molecule has 2 saturated heterocycles. The smallest absolute Gasteiger partial charge is 0.242 e. The first-order chi connectivity index (χ1) is 10.6. The molecule has 1 amide bonds. The Bertz CT molecular complexity index is 524. The number of anilines is 1. The van der Waals surface area contributed by atoms with E-state index in [4.69, 9.17) is 16.3 Å². The van der Waals surface area contributed by atoms with Crippen molar-refractivity contribution >= 4 is 48.1 Å². The van der Waals surface area contributed by atoms with Crippen molar-refractivity contribution in [3.05, 3.63) is 23.4 Å². The van der Waals surface area contributed by atoms with Gasteiger partial charge in [0.25, 0.3) is 0 Å². The highest BCUT2D eigenvalue weighted by atomic mass is 35.5. The zero-order valence-electron chi connectivity index (χ0n) is 13.5. The van der Waals surface area contributed by atoms with Crippen LogP contribution in [-0.4, -0.2) is 67.3 Å². The number of aromatic nitrogens is 1. The standard InChI is InChI=1S/C15H21ClN4O2.2ClH/c1-11-14(17-4-9-22-11)15(21)20-7-5-19(6-8-20)13-3-2-12(16)10-18-13;;/h2-3,10-11,14,17H,4-9H2,1H3;2*1H/t11-,14+;;/m1../s1. The van der Waals surface area contributed by atoms with Crippen LogP contribution in [0.4, 0.5) is 5.82 Å². The summed E-state index contributed by atoms with van der Waals surface area (Å²) in [5, 5.41) is 3.89. The molecule has 2 atom stereocenters. The fraction of sp³-hybridized carbons (Fsp3) is 0.600. The fourth-order valence-corrected chi connectivity index (χ4v) is 3.03. The van der Waals surface area contributed by atoms with Crippen molar-refractivity contribution in [1.82, 2.24) is 15.2 Å². The Balaban J connectivity index is 0.00000144. The Morgan fingerprint density at radius 3 is 2.58 bits per heavy atom. The van der Waals surface area contributed by atoms with Crippen LogP contribution in [0, 0.1) is 0 Å². The molecule has 0 saturated carbocycles. The number of ether oxygens (including phenoxy) is 1. The van der Waals surface area contributed by atoms with Crippen LogP contribution in [0.2, 0.25) is 5.02 Å². The number of piperazine rings is 1. The number of morpholine rings is 1. The summed E-state index contributed by atoms with van der Waals surface area (Å²) in [5.74, 6) is 1.04. The maximum absolute atomic E-state index is 12.6. The number of nitrogens with one attached hydrogen (secondary N) is 1. The molecular weight excluding hydrogens is 375 g/mol. The molecule has 0 spiro atoms. The van der Waals surface area contributed by atoms with Crippen molar-refractivity contribution in [2.45, 2.75) is 19.1 Å². The number of nitrogens with zero attached hydrogens (tertiary/aromatic N) is 3. The van der Waals surface area contributed by atoms with E-state index in [0.29, 0.717) is 24.7 Å². The maximum Gasteiger partial charge on any atom is 0.242 e. The van der Waals surface area contributed by atoms with Crippen LogP contribution in [-0.2, 0) is 9.53 Å².